The Balaban J connectivity index is 2.32. The summed E-state index contributed by atoms with van der Waals surface area (Å²) in [5.41, 5.74) is 0.280. The Hall–Kier alpha value is -1.00. The van der Waals surface area contributed by atoms with Crippen molar-refractivity contribution in [2.24, 2.45) is 0 Å². The molecule has 1 aromatic heterocycles. The largest absolute Gasteiger partial charge is 0.386 e. The van der Waals surface area contributed by atoms with Crippen molar-refractivity contribution in [2.75, 3.05) is 14.1 Å². The van der Waals surface area contributed by atoms with E-state index in [1.807, 2.05) is 14.1 Å². The van der Waals surface area contributed by atoms with Gasteiger partial charge < -0.3 is 10.0 Å². The molecule has 0 saturated heterocycles. The van der Waals surface area contributed by atoms with Gasteiger partial charge in [0.25, 0.3) is 0 Å². The Morgan fingerprint density at radius 3 is 2.37 bits per heavy atom. The third-order valence-corrected chi connectivity index (χ3v) is 4.41. The van der Waals surface area contributed by atoms with Gasteiger partial charge in [0.1, 0.15) is 5.82 Å². The van der Waals surface area contributed by atoms with E-state index in [0.717, 1.165) is 25.7 Å². The quantitative estimate of drug-likeness (QED) is 0.855. The van der Waals surface area contributed by atoms with Crippen LogP contribution in [0, 0.1) is 5.82 Å². The summed E-state index contributed by atoms with van der Waals surface area (Å²) in [5, 5.41) is 10.8. The zero-order chi connectivity index (χ0) is 13.9. The first-order valence-corrected chi connectivity index (χ1v) is 7.02. The van der Waals surface area contributed by atoms with E-state index in [4.69, 9.17) is 0 Å². The van der Waals surface area contributed by atoms with Crippen molar-refractivity contribution in [3.05, 3.63) is 29.8 Å². The van der Waals surface area contributed by atoms with E-state index >= 15 is 0 Å². The third-order valence-electron chi connectivity index (χ3n) is 4.41. The van der Waals surface area contributed by atoms with Gasteiger partial charge in [-0.2, -0.15) is 0 Å². The minimum atomic E-state index is -0.691. The van der Waals surface area contributed by atoms with E-state index in [9.17, 15) is 9.50 Å². The molecule has 4 heteroatoms. The normalized spacial score (nSPS) is 21.1. The van der Waals surface area contributed by atoms with Gasteiger partial charge in [-0.05, 0) is 33.0 Å². The van der Waals surface area contributed by atoms with Crippen LogP contribution in [0.25, 0.3) is 0 Å². The van der Waals surface area contributed by atoms with E-state index in [1.165, 1.54) is 25.1 Å². The number of aromatic nitrogens is 1. The number of nitrogens with zero attached hydrogens (tertiary/aromatic N) is 2. The van der Waals surface area contributed by atoms with Crippen LogP contribution in [0.3, 0.4) is 0 Å². The standard InChI is InChI=1S/C15H23FN2O/c1-18(2)15(7-5-3-4-6-8-15)14(19)12-9-13(16)11-17-10-12/h9-11,14,19H,3-8H2,1-2H3. The first-order valence-electron chi connectivity index (χ1n) is 7.02. The maximum atomic E-state index is 13.3. The lowest BCUT2D eigenvalue weighted by Gasteiger charge is -2.43. The number of aliphatic hydroxyl groups excluding tert-OH is 1. The molecule has 1 aromatic rings. The van der Waals surface area contributed by atoms with Crippen LogP contribution in [-0.4, -0.2) is 34.6 Å². The maximum absolute atomic E-state index is 13.3. The summed E-state index contributed by atoms with van der Waals surface area (Å²) < 4.78 is 13.3. The molecule has 1 aliphatic carbocycles. The molecule has 19 heavy (non-hydrogen) atoms. The molecule has 3 nitrogen and oxygen atoms in total. The number of aliphatic hydroxyl groups is 1. The first-order chi connectivity index (χ1) is 9.06. The van der Waals surface area contributed by atoms with Gasteiger partial charge in [-0.1, -0.05) is 25.7 Å². The molecule has 1 unspecified atom stereocenters. The van der Waals surface area contributed by atoms with Crippen LogP contribution in [-0.2, 0) is 0 Å². The molecule has 1 N–H and O–H groups in total. The van der Waals surface area contributed by atoms with Gasteiger partial charge in [0.2, 0.25) is 0 Å². The predicted octanol–water partition coefficient (Wildman–Crippen LogP) is 2.91. The molecular weight excluding hydrogens is 243 g/mol. The van der Waals surface area contributed by atoms with Gasteiger partial charge in [0, 0.05) is 11.8 Å². The molecule has 0 aliphatic heterocycles. The minimum absolute atomic E-state index is 0.300. The molecule has 0 bridgehead atoms. The van der Waals surface area contributed by atoms with Gasteiger partial charge in [-0.25, -0.2) is 4.39 Å². The third kappa shape index (κ3) is 2.95. The molecule has 1 fully saturated rings. The molecule has 0 aromatic carbocycles. The summed E-state index contributed by atoms with van der Waals surface area (Å²) in [6.45, 7) is 0. The highest BCUT2D eigenvalue weighted by Crippen LogP contribution is 2.40. The van der Waals surface area contributed by atoms with E-state index in [0.29, 0.717) is 5.56 Å². The van der Waals surface area contributed by atoms with Crippen molar-refractivity contribution in [3.8, 4) is 0 Å². The lowest BCUT2D eigenvalue weighted by atomic mass is 9.80. The summed E-state index contributed by atoms with van der Waals surface area (Å²) in [5.74, 6) is -0.390. The topological polar surface area (TPSA) is 36.4 Å². The van der Waals surface area contributed by atoms with E-state index < -0.39 is 6.10 Å². The Morgan fingerprint density at radius 2 is 1.84 bits per heavy atom. The van der Waals surface area contributed by atoms with Gasteiger partial charge in [0.15, 0.2) is 0 Å². The van der Waals surface area contributed by atoms with E-state index in [2.05, 4.69) is 9.88 Å². The molecular formula is C15H23FN2O. The smallest absolute Gasteiger partial charge is 0.141 e. The molecule has 1 saturated carbocycles. The van der Waals surface area contributed by atoms with Gasteiger partial charge in [0.05, 0.1) is 17.8 Å². The zero-order valence-corrected chi connectivity index (χ0v) is 11.8. The first kappa shape index (κ1) is 14.4. The highest BCUT2D eigenvalue weighted by atomic mass is 19.1. The summed E-state index contributed by atoms with van der Waals surface area (Å²) >= 11 is 0. The van der Waals surface area contributed by atoms with Crippen molar-refractivity contribution in [2.45, 2.75) is 50.2 Å². The average Bonchev–Trinajstić information content (AvgIpc) is 2.64. The van der Waals surface area contributed by atoms with Gasteiger partial charge >= 0.3 is 0 Å². The number of rotatable bonds is 3. The predicted molar refractivity (Wildman–Crippen MR) is 73.3 cm³/mol. The highest BCUT2D eigenvalue weighted by molar-refractivity contribution is 5.18. The summed E-state index contributed by atoms with van der Waals surface area (Å²) in [6.07, 6.45) is 8.58. The minimum Gasteiger partial charge on any atom is -0.386 e. The molecule has 0 radical (unpaired) electrons. The maximum Gasteiger partial charge on any atom is 0.141 e. The highest BCUT2D eigenvalue weighted by Gasteiger charge is 2.41. The lowest BCUT2D eigenvalue weighted by molar-refractivity contribution is -0.0202. The number of hydrogen-bond acceptors (Lipinski definition) is 3. The zero-order valence-electron chi connectivity index (χ0n) is 11.8. The Bertz CT molecular complexity index is 414. The monoisotopic (exact) mass is 266 g/mol. The second kappa shape index (κ2) is 5.97. The lowest BCUT2D eigenvalue weighted by Crippen LogP contribution is -2.49. The molecule has 1 heterocycles. The van der Waals surface area contributed by atoms with Crippen LogP contribution in [0.15, 0.2) is 18.5 Å². The molecule has 1 atom stereocenters. The number of pyridine rings is 1. The molecule has 0 spiro atoms. The van der Waals surface area contributed by atoms with Crippen LogP contribution in [0.4, 0.5) is 4.39 Å². The number of hydrogen-bond donors (Lipinski definition) is 1. The molecule has 1 aliphatic rings. The van der Waals surface area contributed by atoms with E-state index in [1.54, 1.807) is 6.20 Å². The fourth-order valence-corrected chi connectivity index (χ4v) is 3.19. The van der Waals surface area contributed by atoms with E-state index in [-0.39, 0.29) is 11.4 Å². The SMILES string of the molecule is CN(C)C1(C(O)c2cncc(F)c2)CCCCCC1. The van der Waals surface area contributed by atoms with Gasteiger partial charge in [-0.15, -0.1) is 0 Å². The van der Waals surface area contributed by atoms with Crippen LogP contribution in [0.1, 0.15) is 50.2 Å². The van der Waals surface area contributed by atoms with Crippen LogP contribution in [0.5, 0.6) is 0 Å². The van der Waals surface area contributed by atoms with Crippen molar-refractivity contribution >= 4 is 0 Å². The second-order valence-corrected chi connectivity index (χ2v) is 5.75. The van der Waals surface area contributed by atoms with Crippen LogP contribution < -0.4 is 0 Å². The van der Waals surface area contributed by atoms with Gasteiger partial charge in [-0.3, -0.25) is 4.98 Å². The Morgan fingerprint density at radius 1 is 1.21 bits per heavy atom. The Kier molecular flexibility index (Phi) is 4.53. The summed E-state index contributed by atoms with van der Waals surface area (Å²) in [4.78, 5) is 5.97. The molecule has 2 rings (SSSR count). The van der Waals surface area contributed by atoms with Crippen LogP contribution >= 0.6 is 0 Å². The van der Waals surface area contributed by atoms with Crippen molar-refractivity contribution in [1.82, 2.24) is 9.88 Å². The van der Waals surface area contributed by atoms with Crippen molar-refractivity contribution < 1.29 is 9.50 Å². The van der Waals surface area contributed by atoms with Crippen LogP contribution in [0.2, 0.25) is 0 Å². The fourth-order valence-electron chi connectivity index (χ4n) is 3.19. The molecule has 106 valence electrons. The summed E-state index contributed by atoms with van der Waals surface area (Å²) in [7, 11) is 4.00. The molecule has 0 amide bonds. The second-order valence-electron chi connectivity index (χ2n) is 5.75. The van der Waals surface area contributed by atoms with Crippen molar-refractivity contribution in [3.63, 3.8) is 0 Å². The van der Waals surface area contributed by atoms with Crippen molar-refractivity contribution in [1.29, 1.82) is 0 Å². The summed E-state index contributed by atoms with van der Waals surface area (Å²) in [6, 6.07) is 1.40. The number of halogens is 1. The Labute approximate surface area is 114 Å². The fraction of sp³-hybridized carbons (Fsp3) is 0.667. The average molecular weight is 266 g/mol. The number of likely N-dealkylation sites (N-methyl/N-ethyl adjacent to an activating group) is 1.